The summed E-state index contributed by atoms with van der Waals surface area (Å²) in [7, 11) is -4.83. The van der Waals surface area contributed by atoms with Gasteiger partial charge in [0.25, 0.3) is 0 Å². The van der Waals surface area contributed by atoms with Gasteiger partial charge in [0, 0.05) is 5.02 Å². The molecule has 0 aliphatic rings. The van der Waals surface area contributed by atoms with E-state index in [-0.39, 0.29) is 0 Å². The highest BCUT2D eigenvalue weighted by Gasteiger charge is 2.17. The van der Waals surface area contributed by atoms with Crippen molar-refractivity contribution in [2.24, 2.45) is 0 Å². The van der Waals surface area contributed by atoms with Crippen molar-refractivity contribution in [1.82, 2.24) is 15.0 Å². The molecule has 8 heteroatoms. The Hall–Kier alpha value is -1.47. The van der Waals surface area contributed by atoms with Gasteiger partial charge in [-0.2, -0.15) is 8.42 Å². The van der Waals surface area contributed by atoms with Crippen LogP contribution < -0.4 is 0 Å². The zero-order chi connectivity index (χ0) is 11.8. The zero-order valence-corrected chi connectivity index (χ0v) is 9.28. The van der Waals surface area contributed by atoms with Gasteiger partial charge in [-0.15, -0.1) is 5.10 Å². The fourth-order valence-corrected chi connectivity index (χ4v) is 1.65. The monoisotopic (exact) mass is 261 g/mol. The molecule has 0 atom stereocenters. The first-order valence-electron chi connectivity index (χ1n) is 4.10. The highest BCUT2D eigenvalue weighted by Crippen LogP contribution is 2.15. The Morgan fingerprint density at radius 3 is 2.69 bits per heavy atom. The molecule has 1 heterocycles. The maximum absolute atomic E-state index is 12.6. The summed E-state index contributed by atoms with van der Waals surface area (Å²) < 4.78 is 34.8. The third-order valence-electron chi connectivity index (χ3n) is 1.79. The number of rotatable bonds is 2. The van der Waals surface area contributed by atoms with E-state index in [1.807, 2.05) is 0 Å². The van der Waals surface area contributed by atoms with Gasteiger partial charge in [0.15, 0.2) is 0 Å². The van der Waals surface area contributed by atoms with Crippen LogP contribution in [-0.4, -0.2) is 23.4 Å². The smallest absolute Gasteiger partial charge is 0.219 e. The molecule has 0 saturated heterocycles. The van der Waals surface area contributed by atoms with Gasteiger partial charge in [-0.1, -0.05) is 26.8 Å². The number of nitrogens with zero attached hydrogens (tertiary/aromatic N) is 3. The molecule has 0 bridgehead atoms. The quantitative estimate of drug-likeness (QED) is 0.770. The molecule has 0 saturated carbocycles. The fourth-order valence-electron chi connectivity index (χ4n) is 1.11. The van der Waals surface area contributed by atoms with Gasteiger partial charge in [0.1, 0.15) is 0 Å². The Labute approximate surface area is 95.7 Å². The van der Waals surface area contributed by atoms with E-state index >= 15 is 0 Å². The molecule has 5 nitrogen and oxygen atoms in total. The van der Waals surface area contributed by atoms with Crippen molar-refractivity contribution in [3.63, 3.8) is 0 Å². The second-order valence-electron chi connectivity index (χ2n) is 2.92. The molecular formula is C8H5ClFN3O2S. The van der Waals surface area contributed by atoms with Crippen LogP contribution in [0, 0.1) is 0 Å². The average Bonchev–Trinajstić information content (AvgIpc) is 2.65. The van der Waals surface area contributed by atoms with Crippen LogP contribution in [0.15, 0.2) is 35.5 Å². The van der Waals surface area contributed by atoms with Crippen molar-refractivity contribution in [3.05, 3.63) is 35.5 Å². The average molecular weight is 262 g/mol. The van der Waals surface area contributed by atoms with E-state index in [2.05, 4.69) is 10.3 Å². The molecule has 0 N–H and O–H groups in total. The molecule has 1 aromatic carbocycles. The fraction of sp³-hybridized carbons (Fsp3) is 0. The molecule has 0 amide bonds. The molecule has 2 rings (SSSR count). The molecule has 0 unspecified atom stereocenters. The van der Waals surface area contributed by atoms with Crippen LogP contribution in [0.2, 0.25) is 5.02 Å². The topological polar surface area (TPSA) is 64.8 Å². The maximum atomic E-state index is 12.6. The van der Waals surface area contributed by atoms with E-state index < -0.39 is 15.2 Å². The minimum Gasteiger partial charge on any atom is -0.219 e. The van der Waals surface area contributed by atoms with Gasteiger partial charge in [0.2, 0.25) is 5.03 Å². The lowest BCUT2D eigenvalue weighted by molar-refractivity contribution is 0.547. The van der Waals surface area contributed by atoms with Crippen molar-refractivity contribution < 1.29 is 12.3 Å². The van der Waals surface area contributed by atoms with Crippen molar-refractivity contribution in [3.8, 4) is 5.69 Å². The predicted octanol–water partition coefficient (Wildman–Crippen LogP) is 1.58. The van der Waals surface area contributed by atoms with Gasteiger partial charge in [0.05, 0.1) is 11.9 Å². The van der Waals surface area contributed by atoms with Crippen LogP contribution in [0.1, 0.15) is 0 Å². The lowest BCUT2D eigenvalue weighted by atomic mass is 10.3. The number of aromatic nitrogens is 3. The van der Waals surface area contributed by atoms with E-state index in [1.165, 1.54) is 0 Å². The van der Waals surface area contributed by atoms with Crippen molar-refractivity contribution in [2.75, 3.05) is 0 Å². The van der Waals surface area contributed by atoms with Crippen LogP contribution in [-0.2, 0) is 10.2 Å². The summed E-state index contributed by atoms with van der Waals surface area (Å²) in [5.74, 6) is 0. The van der Waals surface area contributed by atoms with Crippen molar-refractivity contribution in [2.45, 2.75) is 5.03 Å². The zero-order valence-electron chi connectivity index (χ0n) is 7.71. The van der Waals surface area contributed by atoms with Gasteiger partial charge in [-0.05, 0) is 18.2 Å². The number of halogens is 2. The standard InChI is InChI=1S/C8H5ClFN3O2S/c9-6-2-1-3-7(4-6)13-5-8(11-12-13)16(10,14)15/h1-5H. The van der Waals surface area contributed by atoms with Gasteiger partial charge >= 0.3 is 10.2 Å². The molecule has 0 radical (unpaired) electrons. The first-order valence-corrected chi connectivity index (χ1v) is 5.86. The van der Waals surface area contributed by atoms with E-state index in [1.54, 1.807) is 24.3 Å². The lowest BCUT2D eigenvalue weighted by Gasteiger charge is -1.98. The van der Waals surface area contributed by atoms with E-state index in [4.69, 9.17) is 11.6 Å². The van der Waals surface area contributed by atoms with E-state index in [0.717, 1.165) is 10.9 Å². The summed E-state index contributed by atoms with van der Waals surface area (Å²) in [6.07, 6.45) is 0.973. The molecule has 2 aromatic rings. The van der Waals surface area contributed by atoms with Crippen molar-refractivity contribution >= 4 is 21.8 Å². The summed E-state index contributed by atoms with van der Waals surface area (Å²) in [6.45, 7) is 0. The number of hydrogen-bond donors (Lipinski definition) is 0. The lowest BCUT2D eigenvalue weighted by Crippen LogP contribution is -1.94. The Balaban J connectivity index is 2.47. The summed E-state index contributed by atoms with van der Waals surface area (Å²) in [5, 5.41) is 6.41. The normalized spacial score (nSPS) is 11.6. The Kier molecular flexibility index (Phi) is 2.64. The molecule has 0 aliphatic heterocycles. The largest absolute Gasteiger partial charge is 0.353 e. The Morgan fingerprint density at radius 2 is 2.12 bits per heavy atom. The summed E-state index contributed by atoms with van der Waals surface area (Å²) in [5.41, 5.74) is 0.495. The number of hydrogen-bond acceptors (Lipinski definition) is 4. The van der Waals surface area contributed by atoms with E-state index in [0.29, 0.717) is 10.7 Å². The third-order valence-corrected chi connectivity index (χ3v) is 2.72. The minimum atomic E-state index is -4.83. The molecule has 0 spiro atoms. The first kappa shape index (κ1) is 11.0. The van der Waals surface area contributed by atoms with Crippen molar-refractivity contribution in [1.29, 1.82) is 0 Å². The molecule has 0 aliphatic carbocycles. The highest BCUT2D eigenvalue weighted by molar-refractivity contribution is 7.86. The SMILES string of the molecule is O=S(=O)(F)c1cn(-c2cccc(Cl)c2)nn1. The summed E-state index contributed by atoms with van der Waals surface area (Å²) in [6, 6.07) is 6.48. The van der Waals surface area contributed by atoms with Gasteiger partial charge in [-0.3, -0.25) is 0 Å². The van der Waals surface area contributed by atoms with Crippen LogP contribution >= 0.6 is 11.6 Å². The Morgan fingerprint density at radius 1 is 1.38 bits per heavy atom. The molecular weight excluding hydrogens is 257 g/mol. The summed E-state index contributed by atoms with van der Waals surface area (Å²) in [4.78, 5) is 0. The predicted molar refractivity (Wildman–Crippen MR) is 54.7 cm³/mol. The van der Waals surface area contributed by atoms with Crippen LogP contribution in [0.3, 0.4) is 0 Å². The van der Waals surface area contributed by atoms with E-state index in [9.17, 15) is 12.3 Å². The molecule has 84 valence electrons. The molecule has 1 aromatic heterocycles. The van der Waals surface area contributed by atoms with Gasteiger partial charge in [-0.25, -0.2) is 4.68 Å². The molecule has 0 fully saturated rings. The summed E-state index contributed by atoms with van der Waals surface area (Å²) >= 11 is 5.74. The number of benzene rings is 1. The Bertz CT molecular complexity index is 626. The first-order chi connectivity index (χ1) is 7.47. The third kappa shape index (κ3) is 2.20. The highest BCUT2D eigenvalue weighted by atomic mass is 35.5. The second-order valence-corrected chi connectivity index (χ2v) is 4.65. The minimum absolute atomic E-state index is 0.456. The van der Waals surface area contributed by atoms with Crippen LogP contribution in [0.4, 0.5) is 3.89 Å². The van der Waals surface area contributed by atoms with Crippen LogP contribution in [0.25, 0.3) is 5.69 Å². The van der Waals surface area contributed by atoms with Crippen LogP contribution in [0.5, 0.6) is 0 Å². The second kappa shape index (κ2) is 3.84. The molecule has 16 heavy (non-hydrogen) atoms. The van der Waals surface area contributed by atoms with Gasteiger partial charge < -0.3 is 0 Å². The maximum Gasteiger partial charge on any atom is 0.353 e.